The molecule has 0 aromatic heterocycles. The Labute approximate surface area is 87.9 Å². The molecule has 4 heteroatoms. The molecule has 78 valence electrons. The van der Waals surface area contributed by atoms with Gasteiger partial charge in [-0.05, 0) is 42.1 Å². The number of hydrogen-bond donors (Lipinski definition) is 0. The van der Waals surface area contributed by atoms with Gasteiger partial charge in [0.15, 0.2) is 0 Å². The lowest BCUT2D eigenvalue weighted by Crippen LogP contribution is -1.81. The molecule has 0 aliphatic rings. The van der Waals surface area contributed by atoms with E-state index >= 15 is 0 Å². The fourth-order valence-electron chi connectivity index (χ4n) is 1.26. The second kappa shape index (κ2) is 5.83. The largest absolute Gasteiger partial charge is 0.207 e. The zero-order valence-corrected chi connectivity index (χ0v) is 8.52. The third kappa shape index (κ3) is 4.29. The van der Waals surface area contributed by atoms with E-state index in [1.54, 1.807) is 0 Å². The van der Waals surface area contributed by atoms with Gasteiger partial charge in [-0.15, -0.1) is 0 Å². The van der Waals surface area contributed by atoms with E-state index in [-0.39, 0.29) is 5.82 Å². The maximum atomic E-state index is 13.0. The van der Waals surface area contributed by atoms with Gasteiger partial charge in [0.05, 0.1) is 0 Å². The van der Waals surface area contributed by atoms with Gasteiger partial charge in [-0.2, -0.15) is 0 Å². The molecule has 0 saturated heterocycles. The topological polar surface area (TPSA) is 48.8 Å². The Kier molecular flexibility index (Phi) is 4.38. The van der Waals surface area contributed by atoms with E-state index in [1.807, 2.05) is 25.1 Å². The fourth-order valence-corrected chi connectivity index (χ4v) is 1.26. The molecule has 0 radical (unpaired) electrons. The third-order valence-corrected chi connectivity index (χ3v) is 1.83. The SMILES string of the molecule is Cc1cc(F)cc(C=CCCN=[N+]=[N-])c1. The van der Waals surface area contributed by atoms with Gasteiger partial charge in [-0.25, -0.2) is 4.39 Å². The molecule has 0 spiro atoms. The smallest absolute Gasteiger partial charge is 0.124 e. The van der Waals surface area contributed by atoms with E-state index in [2.05, 4.69) is 10.0 Å². The molecule has 15 heavy (non-hydrogen) atoms. The summed E-state index contributed by atoms with van der Waals surface area (Å²) < 4.78 is 13.0. The van der Waals surface area contributed by atoms with Crippen molar-refractivity contribution in [3.8, 4) is 0 Å². The highest BCUT2D eigenvalue weighted by molar-refractivity contribution is 5.50. The van der Waals surface area contributed by atoms with Crippen molar-refractivity contribution in [1.82, 2.24) is 0 Å². The zero-order chi connectivity index (χ0) is 11.1. The molecular formula is C11H12FN3. The van der Waals surface area contributed by atoms with Crippen molar-refractivity contribution in [3.05, 3.63) is 51.7 Å². The first kappa shape index (κ1) is 11.3. The van der Waals surface area contributed by atoms with Crippen LogP contribution in [0.5, 0.6) is 0 Å². The Balaban J connectivity index is 2.59. The van der Waals surface area contributed by atoms with Crippen molar-refractivity contribution < 1.29 is 4.39 Å². The first-order valence-corrected chi connectivity index (χ1v) is 4.67. The van der Waals surface area contributed by atoms with Gasteiger partial charge < -0.3 is 0 Å². The van der Waals surface area contributed by atoms with E-state index in [9.17, 15) is 4.39 Å². The normalized spacial score (nSPS) is 10.3. The molecule has 0 heterocycles. The molecule has 0 aliphatic carbocycles. The van der Waals surface area contributed by atoms with Crippen LogP contribution in [0.3, 0.4) is 0 Å². The number of hydrogen-bond acceptors (Lipinski definition) is 1. The summed E-state index contributed by atoms with van der Waals surface area (Å²) in [5.41, 5.74) is 9.76. The summed E-state index contributed by atoms with van der Waals surface area (Å²) >= 11 is 0. The second-order valence-corrected chi connectivity index (χ2v) is 3.21. The first-order chi connectivity index (χ1) is 7.22. The first-order valence-electron chi connectivity index (χ1n) is 4.67. The van der Waals surface area contributed by atoms with Crippen LogP contribution in [-0.4, -0.2) is 6.54 Å². The van der Waals surface area contributed by atoms with Crippen molar-refractivity contribution in [2.75, 3.05) is 6.54 Å². The highest BCUT2D eigenvalue weighted by Crippen LogP contribution is 2.10. The van der Waals surface area contributed by atoms with Crippen LogP contribution in [0.25, 0.3) is 16.5 Å². The Morgan fingerprint density at radius 3 is 2.93 bits per heavy atom. The monoisotopic (exact) mass is 205 g/mol. The van der Waals surface area contributed by atoms with Gasteiger partial charge >= 0.3 is 0 Å². The molecule has 0 aliphatic heterocycles. The maximum absolute atomic E-state index is 13.0. The van der Waals surface area contributed by atoms with E-state index in [1.165, 1.54) is 12.1 Å². The van der Waals surface area contributed by atoms with Crippen molar-refractivity contribution in [2.45, 2.75) is 13.3 Å². The molecule has 0 atom stereocenters. The van der Waals surface area contributed by atoms with E-state index < -0.39 is 0 Å². The van der Waals surface area contributed by atoms with Crippen LogP contribution in [-0.2, 0) is 0 Å². The summed E-state index contributed by atoms with van der Waals surface area (Å²) in [5, 5.41) is 3.39. The fraction of sp³-hybridized carbons (Fsp3) is 0.273. The molecule has 1 aromatic rings. The average molecular weight is 205 g/mol. The van der Waals surface area contributed by atoms with Gasteiger partial charge in [0.25, 0.3) is 0 Å². The molecule has 0 bridgehead atoms. The van der Waals surface area contributed by atoms with Crippen molar-refractivity contribution in [2.24, 2.45) is 5.11 Å². The van der Waals surface area contributed by atoms with Gasteiger partial charge in [-0.1, -0.05) is 23.3 Å². The average Bonchev–Trinajstić information content (AvgIpc) is 2.16. The molecule has 0 saturated carbocycles. The minimum absolute atomic E-state index is 0.232. The predicted octanol–water partition coefficient (Wildman–Crippen LogP) is 3.85. The molecular weight excluding hydrogens is 193 g/mol. The summed E-state index contributed by atoms with van der Waals surface area (Å²) in [7, 11) is 0. The third-order valence-electron chi connectivity index (χ3n) is 1.83. The van der Waals surface area contributed by atoms with E-state index in [4.69, 9.17) is 5.53 Å². The van der Waals surface area contributed by atoms with E-state index in [0.717, 1.165) is 11.1 Å². The van der Waals surface area contributed by atoms with Crippen LogP contribution in [0.2, 0.25) is 0 Å². The molecule has 1 rings (SSSR count). The van der Waals surface area contributed by atoms with Crippen LogP contribution in [0, 0.1) is 12.7 Å². The highest BCUT2D eigenvalue weighted by Gasteiger charge is 1.93. The number of benzene rings is 1. The minimum atomic E-state index is -0.232. The molecule has 0 N–H and O–H groups in total. The number of azide groups is 1. The minimum Gasteiger partial charge on any atom is -0.207 e. The number of aryl methyl sites for hydroxylation is 1. The standard InChI is InChI=1S/C11H12FN3/c1-9-6-10(8-11(12)7-9)4-2-3-5-14-15-13/h2,4,6-8H,3,5H2,1H3. The quantitative estimate of drug-likeness (QED) is 0.310. The Morgan fingerprint density at radius 1 is 1.47 bits per heavy atom. The van der Waals surface area contributed by atoms with Gasteiger partial charge in [0.1, 0.15) is 5.82 Å². The summed E-state index contributed by atoms with van der Waals surface area (Å²) in [4.78, 5) is 2.64. The number of nitrogens with zero attached hydrogens (tertiary/aromatic N) is 3. The van der Waals surface area contributed by atoms with Gasteiger partial charge in [0, 0.05) is 11.5 Å². The van der Waals surface area contributed by atoms with Gasteiger partial charge in [-0.3, -0.25) is 0 Å². The van der Waals surface area contributed by atoms with Crippen molar-refractivity contribution in [1.29, 1.82) is 0 Å². The molecule has 0 fully saturated rings. The predicted molar refractivity (Wildman–Crippen MR) is 58.8 cm³/mol. The molecule has 0 amide bonds. The van der Waals surface area contributed by atoms with Crippen LogP contribution < -0.4 is 0 Å². The van der Waals surface area contributed by atoms with Crippen LogP contribution in [0.15, 0.2) is 29.4 Å². The molecule has 3 nitrogen and oxygen atoms in total. The van der Waals surface area contributed by atoms with E-state index in [0.29, 0.717) is 13.0 Å². The highest BCUT2D eigenvalue weighted by atomic mass is 19.1. The zero-order valence-electron chi connectivity index (χ0n) is 8.52. The number of rotatable bonds is 4. The second-order valence-electron chi connectivity index (χ2n) is 3.21. The number of halogens is 1. The molecule has 1 aromatic carbocycles. The summed E-state index contributed by atoms with van der Waals surface area (Å²) in [5.74, 6) is -0.232. The molecule has 0 unspecified atom stereocenters. The summed E-state index contributed by atoms with van der Waals surface area (Å²) in [6.07, 6.45) is 4.35. The maximum Gasteiger partial charge on any atom is 0.124 e. The van der Waals surface area contributed by atoms with Crippen LogP contribution in [0.4, 0.5) is 4.39 Å². The van der Waals surface area contributed by atoms with Crippen LogP contribution >= 0.6 is 0 Å². The van der Waals surface area contributed by atoms with Gasteiger partial charge in [0.2, 0.25) is 0 Å². The summed E-state index contributed by atoms with van der Waals surface area (Å²) in [6, 6.07) is 4.85. The van der Waals surface area contributed by atoms with Crippen molar-refractivity contribution in [3.63, 3.8) is 0 Å². The lowest BCUT2D eigenvalue weighted by Gasteiger charge is -1.97. The Hall–Kier alpha value is -1.80. The lowest BCUT2D eigenvalue weighted by atomic mass is 10.1. The van der Waals surface area contributed by atoms with Crippen molar-refractivity contribution >= 4 is 6.08 Å². The van der Waals surface area contributed by atoms with Crippen LogP contribution in [0.1, 0.15) is 17.5 Å². The summed E-state index contributed by atoms with van der Waals surface area (Å²) in [6.45, 7) is 2.28. The Morgan fingerprint density at radius 2 is 2.27 bits per heavy atom. The Bertz CT molecular complexity index is 386. The lowest BCUT2D eigenvalue weighted by molar-refractivity contribution is 0.626.